The standard InChI is InChI=1S/C12H13BrN4O2/c13-11-10(12(18)19)15-9-5-4-8(16-17(9)11)14-6-7-2-1-3-7/h4-5,7H,1-3,6H2,(H,14,16)(H,18,19). The molecule has 0 unspecified atom stereocenters. The highest BCUT2D eigenvalue weighted by Gasteiger charge is 2.19. The van der Waals surface area contributed by atoms with E-state index in [0.29, 0.717) is 10.3 Å². The van der Waals surface area contributed by atoms with E-state index in [4.69, 9.17) is 5.11 Å². The van der Waals surface area contributed by atoms with E-state index >= 15 is 0 Å². The van der Waals surface area contributed by atoms with Crippen molar-refractivity contribution in [3.8, 4) is 0 Å². The minimum atomic E-state index is -1.07. The Morgan fingerprint density at radius 3 is 2.95 bits per heavy atom. The van der Waals surface area contributed by atoms with Crippen molar-refractivity contribution < 1.29 is 9.90 Å². The van der Waals surface area contributed by atoms with Crippen molar-refractivity contribution in [1.29, 1.82) is 0 Å². The third-order valence-corrected chi connectivity index (χ3v) is 4.13. The van der Waals surface area contributed by atoms with Gasteiger partial charge in [0.05, 0.1) is 0 Å². The third-order valence-electron chi connectivity index (χ3n) is 3.42. The number of halogens is 1. The molecule has 2 N–H and O–H groups in total. The van der Waals surface area contributed by atoms with Gasteiger partial charge in [-0.05, 0) is 46.8 Å². The Bertz CT molecular complexity index is 636. The largest absolute Gasteiger partial charge is 0.476 e. The molecule has 2 aromatic rings. The summed E-state index contributed by atoms with van der Waals surface area (Å²) in [6.45, 7) is 0.913. The van der Waals surface area contributed by atoms with Gasteiger partial charge in [0, 0.05) is 6.54 Å². The molecular formula is C12H13BrN4O2. The molecule has 0 atom stereocenters. The lowest BCUT2D eigenvalue weighted by molar-refractivity contribution is 0.0690. The number of aromatic carboxylic acids is 1. The molecule has 1 aliphatic rings. The number of hydrogen-bond acceptors (Lipinski definition) is 4. The van der Waals surface area contributed by atoms with Gasteiger partial charge in [-0.15, -0.1) is 5.10 Å². The smallest absolute Gasteiger partial charge is 0.357 e. The maximum atomic E-state index is 11.0. The van der Waals surface area contributed by atoms with Crippen LogP contribution in [0, 0.1) is 5.92 Å². The fourth-order valence-electron chi connectivity index (χ4n) is 2.08. The second-order valence-corrected chi connectivity index (χ2v) is 5.47. The van der Waals surface area contributed by atoms with Crippen molar-refractivity contribution >= 4 is 33.4 Å². The number of aromatic nitrogens is 3. The first kappa shape index (κ1) is 12.4. The predicted octanol–water partition coefficient (Wildman–Crippen LogP) is 2.40. The highest BCUT2D eigenvalue weighted by Crippen LogP contribution is 2.26. The molecule has 100 valence electrons. The van der Waals surface area contributed by atoms with Crippen LogP contribution in [0.15, 0.2) is 16.7 Å². The summed E-state index contributed by atoms with van der Waals surface area (Å²) in [7, 11) is 0. The van der Waals surface area contributed by atoms with Crippen LogP contribution in [0.3, 0.4) is 0 Å². The second kappa shape index (κ2) is 4.80. The van der Waals surface area contributed by atoms with E-state index in [9.17, 15) is 4.79 Å². The molecule has 0 radical (unpaired) electrons. The monoisotopic (exact) mass is 324 g/mol. The lowest BCUT2D eigenvalue weighted by atomic mass is 9.85. The summed E-state index contributed by atoms with van der Waals surface area (Å²) in [5.74, 6) is 0.397. The van der Waals surface area contributed by atoms with E-state index in [1.54, 1.807) is 6.07 Å². The Labute approximate surface area is 118 Å². The Morgan fingerprint density at radius 2 is 2.32 bits per heavy atom. The first-order chi connectivity index (χ1) is 9.15. The Hall–Kier alpha value is -1.63. The highest BCUT2D eigenvalue weighted by atomic mass is 79.9. The molecule has 2 aromatic heterocycles. The summed E-state index contributed by atoms with van der Waals surface area (Å²) in [4.78, 5) is 15.0. The molecule has 3 rings (SSSR count). The molecule has 19 heavy (non-hydrogen) atoms. The van der Waals surface area contributed by atoms with Gasteiger partial charge in [-0.25, -0.2) is 14.3 Å². The van der Waals surface area contributed by atoms with Gasteiger partial charge in [0.1, 0.15) is 10.4 Å². The minimum absolute atomic E-state index is 0.0244. The molecule has 0 amide bonds. The van der Waals surface area contributed by atoms with Crippen LogP contribution in [-0.2, 0) is 0 Å². The number of nitrogens with one attached hydrogen (secondary N) is 1. The summed E-state index contributed by atoms with van der Waals surface area (Å²) in [5.41, 5.74) is 0.488. The molecule has 0 saturated heterocycles. The van der Waals surface area contributed by atoms with E-state index in [1.807, 2.05) is 6.07 Å². The van der Waals surface area contributed by atoms with Gasteiger partial charge in [-0.1, -0.05) is 6.42 Å². The number of hydrogen-bond donors (Lipinski definition) is 2. The zero-order valence-corrected chi connectivity index (χ0v) is 11.7. The Kier molecular flexibility index (Phi) is 3.14. The topological polar surface area (TPSA) is 79.5 Å². The molecule has 0 spiro atoms. The van der Waals surface area contributed by atoms with Gasteiger partial charge in [0.15, 0.2) is 11.3 Å². The molecule has 6 nitrogen and oxygen atoms in total. The number of imidazole rings is 1. The summed E-state index contributed by atoms with van der Waals surface area (Å²) in [6.07, 6.45) is 3.86. The number of carboxylic acids is 1. The second-order valence-electron chi connectivity index (χ2n) is 4.72. The molecule has 1 saturated carbocycles. The first-order valence-electron chi connectivity index (χ1n) is 6.17. The van der Waals surface area contributed by atoms with Gasteiger partial charge in [0.25, 0.3) is 0 Å². The zero-order chi connectivity index (χ0) is 13.4. The zero-order valence-electron chi connectivity index (χ0n) is 10.1. The molecular weight excluding hydrogens is 312 g/mol. The number of rotatable bonds is 4. The van der Waals surface area contributed by atoms with E-state index in [0.717, 1.165) is 18.3 Å². The summed E-state index contributed by atoms with van der Waals surface area (Å²) < 4.78 is 1.86. The van der Waals surface area contributed by atoms with Crippen LogP contribution in [0.2, 0.25) is 0 Å². The number of carbonyl (C=O) groups is 1. The van der Waals surface area contributed by atoms with Crippen molar-refractivity contribution in [2.24, 2.45) is 5.92 Å². The number of anilines is 1. The van der Waals surface area contributed by atoms with Gasteiger partial charge in [-0.2, -0.15) is 0 Å². The van der Waals surface area contributed by atoms with Crippen LogP contribution in [0.1, 0.15) is 29.8 Å². The lowest BCUT2D eigenvalue weighted by Crippen LogP contribution is -2.21. The number of fused-ring (bicyclic) bond motifs is 1. The van der Waals surface area contributed by atoms with Crippen LogP contribution >= 0.6 is 15.9 Å². The molecule has 1 aliphatic carbocycles. The van der Waals surface area contributed by atoms with Crippen LogP contribution in [0.25, 0.3) is 5.65 Å². The van der Waals surface area contributed by atoms with Crippen LogP contribution in [-0.4, -0.2) is 32.2 Å². The van der Waals surface area contributed by atoms with E-state index in [1.165, 1.54) is 23.8 Å². The number of nitrogens with zero attached hydrogens (tertiary/aromatic N) is 3. The van der Waals surface area contributed by atoms with E-state index in [-0.39, 0.29) is 5.69 Å². The van der Waals surface area contributed by atoms with Gasteiger partial charge < -0.3 is 10.4 Å². The summed E-state index contributed by atoms with van der Waals surface area (Å²) in [5, 5.41) is 16.6. The Balaban J connectivity index is 1.86. The van der Waals surface area contributed by atoms with Gasteiger partial charge >= 0.3 is 5.97 Å². The molecule has 7 heteroatoms. The van der Waals surface area contributed by atoms with Gasteiger partial charge in [0.2, 0.25) is 0 Å². The minimum Gasteiger partial charge on any atom is -0.476 e. The van der Waals surface area contributed by atoms with Crippen LogP contribution in [0.4, 0.5) is 5.82 Å². The maximum absolute atomic E-state index is 11.0. The molecule has 2 heterocycles. The SMILES string of the molecule is O=C(O)c1nc2ccc(NCC3CCC3)nn2c1Br. The maximum Gasteiger partial charge on any atom is 0.357 e. The van der Waals surface area contributed by atoms with Crippen molar-refractivity contribution in [1.82, 2.24) is 14.6 Å². The van der Waals surface area contributed by atoms with E-state index < -0.39 is 5.97 Å². The first-order valence-corrected chi connectivity index (χ1v) is 6.97. The fourth-order valence-corrected chi connectivity index (χ4v) is 2.60. The average molecular weight is 325 g/mol. The molecule has 0 aliphatic heterocycles. The van der Waals surface area contributed by atoms with Crippen molar-refractivity contribution in [3.05, 3.63) is 22.4 Å². The summed E-state index contributed by atoms with van der Waals surface area (Å²) >= 11 is 3.22. The van der Waals surface area contributed by atoms with Crippen molar-refractivity contribution in [2.45, 2.75) is 19.3 Å². The van der Waals surface area contributed by atoms with Crippen molar-refractivity contribution in [2.75, 3.05) is 11.9 Å². The lowest BCUT2D eigenvalue weighted by Gasteiger charge is -2.25. The highest BCUT2D eigenvalue weighted by molar-refractivity contribution is 9.10. The summed E-state index contributed by atoms with van der Waals surface area (Å²) in [6, 6.07) is 3.58. The number of carboxylic acid groups (broad SMARTS) is 1. The normalized spacial score (nSPS) is 15.4. The molecule has 0 aromatic carbocycles. The Morgan fingerprint density at radius 1 is 1.53 bits per heavy atom. The average Bonchev–Trinajstić information content (AvgIpc) is 2.65. The quantitative estimate of drug-likeness (QED) is 0.902. The van der Waals surface area contributed by atoms with Gasteiger partial charge in [-0.3, -0.25) is 0 Å². The molecule has 0 bridgehead atoms. The fraction of sp³-hybridized carbons (Fsp3) is 0.417. The van der Waals surface area contributed by atoms with Crippen LogP contribution < -0.4 is 5.32 Å². The van der Waals surface area contributed by atoms with Crippen molar-refractivity contribution in [3.63, 3.8) is 0 Å². The third kappa shape index (κ3) is 2.30. The van der Waals surface area contributed by atoms with E-state index in [2.05, 4.69) is 31.3 Å². The predicted molar refractivity (Wildman–Crippen MR) is 73.5 cm³/mol. The molecule has 1 fully saturated rings. The van der Waals surface area contributed by atoms with Crippen LogP contribution in [0.5, 0.6) is 0 Å².